The Morgan fingerprint density at radius 1 is 1.18 bits per heavy atom. The van der Waals surface area contributed by atoms with E-state index in [0.29, 0.717) is 22.0 Å². The van der Waals surface area contributed by atoms with Crippen molar-refractivity contribution in [3.63, 3.8) is 0 Å². The van der Waals surface area contributed by atoms with Crippen LogP contribution < -0.4 is 0 Å². The minimum absolute atomic E-state index is 0.127. The van der Waals surface area contributed by atoms with E-state index in [9.17, 15) is 9.50 Å². The van der Waals surface area contributed by atoms with Crippen molar-refractivity contribution in [3.05, 3.63) is 65.6 Å². The molecule has 2 aromatic carbocycles. The van der Waals surface area contributed by atoms with Crippen molar-refractivity contribution in [2.45, 2.75) is 25.2 Å². The van der Waals surface area contributed by atoms with Crippen LogP contribution in [0.4, 0.5) is 4.39 Å². The SMILES string of the molecule is [2H]C1([2H])C([2H])([2H])C1([2H])c1nc2ccccc2c(-c2ccc(F)cc2)c1CO. The molecule has 1 fully saturated rings. The fourth-order valence-electron chi connectivity index (χ4n) is 2.71. The third-order valence-corrected chi connectivity index (χ3v) is 3.77. The molecule has 3 heteroatoms. The van der Waals surface area contributed by atoms with Gasteiger partial charge in [-0.05, 0) is 42.1 Å². The lowest BCUT2D eigenvalue weighted by molar-refractivity contribution is 0.280. The van der Waals surface area contributed by atoms with Crippen LogP contribution in [0.1, 0.15) is 36.8 Å². The van der Waals surface area contributed by atoms with E-state index < -0.39 is 31.1 Å². The number of para-hydroxylation sites is 1. The predicted octanol–water partition coefficient (Wildman–Crippen LogP) is 4.41. The Morgan fingerprint density at radius 3 is 2.59 bits per heavy atom. The van der Waals surface area contributed by atoms with Gasteiger partial charge >= 0.3 is 0 Å². The van der Waals surface area contributed by atoms with Crippen LogP contribution in [-0.2, 0) is 6.61 Å². The molecule has 0 amide bonds. The van der Waals surface area contributed by atoms with Crippen molar-refractivity contribution < 1.29 is 16.4 Å². The van der Waals surface area contributed by atoms with Crippen molar-refractivity contribution >= 4 is 10.9 Å². The zero-order chi connectivity index (χ0) is 19.6. The number of hydrogen-bond acceptors (Lipinski definition) is 2. The lowest BCUT2D eigenvalue weighted by atomic mass is 9.93. The molecule has 1 N–H and O–H groups in total. The summed E-state index contributed by atoms with van der Waals surface area (Å²) in [5.74, 6) is -2.66. The van der Waals surface area contributed by atoms with Crippen LogP contribution in [0.15, 0.2) is 48.5 Å². The highest BCUT2D eigenvalue weighted by atomic mass is 19.1. The summed E-state index contributed by atoms with van der Waals surface area (Å²) in [4.78, 5) is 4.37. The molecular weight excluding hydrogens is 277 g/mol. The quantitative estimate of drug-likeness (QED) is 0.777. The molecule has 0 bridgehead atoms. The molecule has 1 aliphatic rings. The van der Waals surface area contributed by atoms with E-state index in [1.54, 1.807) is 24.3 Å². The van der Waals surface area contributed by atoms with Gasteiger partial charge in [0, 0.05) is 23.7 Å². The van der Waals surface area contributed by atoms with Gasteiger partial charge in [0.15, 0.2) is 0 Å². The second kappa shape index (κ2) is 5.18. The van der Waals surface area contributed by atoms with Crippen molar-refractivity contribution in [2.24, 2.45) is 0 Å². The Labute approximate surface area is 135 Å². The number of benzene rings is 2. The molecule has 1 heterocycles. The van der Waals surface area contributed by atoms with Gasteiger partial charge in [0.25, 0.3) is 0 Å². The summed E-state index contributed by atoms with van der Waals surface area (Å²) in [7, 11) is 0. The maximum atomic E-state index is 13.4. The molecule has 0 spiro atoms. The molecule has 110 valence electrons. The summed E-state index contributed by atoms with van der Waals surface area (Å²) in [6.07, 6.45) is -4.89. The third kappa shape index (κ3) is 2.18. The smallest absolute Gasteiger partial charge is 0.123 e. The number of aliphatic hydroxyl groups excluding tert-OH is 1. The van der Waals surface area contributed by atoms with Gasteiger partial charge in [-0.15, -0.1) is 0 Å². The fourth-order valence-corrected chi connectivity index (χ4v) is 2.71. The molecule has 0 atom stereocenters. The van der Waals surface area contributed by atoms with E-state index in [1.165, 1.54) is 24.3 Å². The van der Waals surface area contributed by atoms with Crippen molar-refractivity contribution in [1.82, 2.24) is 4.98 Å². The van der Waals surface area contributed by atoms with E-state index in [0.717, 1.165) is 0 Å². The number of halogens is 1. The largest absolute Gasteiger partial charge is 0.392 e. The van der Waals surface area contributed by atoms with Crippen LogP contribution in [0.25, 0.3) is 22.0 Å². The van der Waals surface area contributed by atoms with E-state index in [1.807, 2.05) is 0 Å². The molecule has 0 aliphatic heterocycles. The lowest BCUT2D eigenvalue weighted by Gasteiger charge is -2.16. The van der Waals surface area contributed by atoms with E-state index in [-0.39, 0.29) is 11.3 Å². The fraction of sp³-hybridized carbons (Fsp3) is 0.211. The zero-order valence-electron chi connectivity index (χ0n) is 16.6. The van der Waals surface area contributed by atoms with Crippen LogP contribution in [0.2, 0.25) is 0 Å². The molecular formula is C19H16FNO. The zero-order valence-corrected chi connectivity index (χ0v) is 11.6. The number of hydrogen-bond donors (Lipinski definition) is 1. The second-order valence-electron chi connectivity index (χ2n) is 5.12. The molecule has 0 unspecified atom stereocenters. The van der Waals surface area contributed by atoms with Gasteiger partial charge in [-0.3, -0.25) is 4.98 Å². The Bertz CT molecular complexity index is 1040. The number of fused-ring (bicyclic) bond motifs is 1. The number of nitrogens with zero attached hydrogens (tertiary/aromatic N) is 1. The average Bonchev–Trinajstić information content (AvgIpc) is 2.97. The molecule has 1 saturated carbocycles. The molecule has 1 aromatic heterocycles. The number of aromatic nitrogens is 1. The Kier molecular flexibility index (Phi) is 2.12. The summed E-state index contributed by atoms with van der Waals surface area (Å²) < 4.78 is 53.7. The van der Waals surface area contributed by atoms with Crippen LogP contribution in [0, 0.1) is 5.82 Å². The van der Waals surface area contributed by atoms with Gasteiger partial charge in [-0.1, -0.05) is 30.3 Å². The third-order valence-electron chi connectivity index (χ3n) is 3.77. The van der Waals surface area contributed by atoms with Gasteiger partial charge in [0.1, 0.15) is 5.82 Å². The molecule has 3 aromatic rings. The first kappa shape index (κ1) is 9.01. The maximum absolute atomic E-state index is 13.4. The minimum Gasteiger partial charge on any atom is -0.392 e. The van der Waals surface area contributed by atoms with Crippen molar-refractivity contribution in [1.29, 1.82) is 0 Å². The van der Waals surface area contributed by atoms with Gasteiger partial charge in [0.05, 0.1) is 17.8 Å². The first-order chi connectivity index (χ1) is 12.7. The highest BCUT2D eigenvalue weighted by molar-refractivity contribution is 5.96. The topological polar surface area (TPSA) is 33.1 Å². The number of aliphatic hydroxyl groups is 1. The first-order valence-corrected chi connectivity index (χ1v) is 6.95. The maximum Gasteiger partial charge on any atom is 0.123 e. The molecule has 2 nitrogen and oxygen atoms in total. The normalized spacial score (nSPS) is 23.8. The summed E-state index contributed by atoms with van der Waals surface area (Å²) in [6, 6.07) is 12.6. The summed E-state index contributed by atoms with van der Waals surface area (Å²) >= 11 is 0. The number of rotatable bonds is 3. The van der Waals surface area contributed by atoms with Crippen LogP contribution in [-0.4, -0.2) is 10.1 Å². The minimum atomic E-state index is -2.44. The van der Waals surface area contributed by atoms with Gasteiger partial charge < -0.3 is 5.11 Å². The molecule has 1 aliphatic carbocycles. The lowest BCUT2D eigenvalue weighted by Crippen LogP contribution is -2.01. The average molecular weight is 298 g/mol. The Balaban J connectivity index is 2.10. The van der Waals surface area contributed by atoms with E-state index in [2.05, 4.69) is 4.98 Å². The second-order valence-corrected chi connectivity index (χ2v) is 5.12. The van der Waals surface area contributed by atoms with Crippen LogP contribution in [0.3, 0.4) is 0 Å². The van der Waals surface area contributed by atoms with E-state index >= 15 is 0 Å². The highest BCUT2D eigenvalue weighted by Gasteiger charge is 2.29. The Hall–Kier alpha value is -2.26. The number of pyridine rings is 1. The van der Waals surface area contributed by atoms with Crippen LogP contribution >= 0.6 is 0 Å². The Morgan fingerprint density at radius 2 is 1.91 bits per heavy atom. The molecule has 0 saturated heterocycles. The molecule has 4 rings (SSSR count). The van der Waals surface area contributed by atoms with Gasteiger partial charge in [-0.2, -0.15) is 0 Å². The van der Waals surface area contributed by atoms with E-state index in [4.69, 9.17) is 6.85 Å². The van der Waals surface area contributed by atoms with Crippen LogP contribution in [0.5, 0.6) is 0 Å². The summed E-state index contributed by atoms with van der Waals surface area (Å²) in [6.45, 7) is -0.549. The molecule has 22 heavy (non-hydrogen) atoms. The summed E-state index contributed by atoms with van der Waals surface area (Å²) in [5.41, 5.74) is 1.58. The van der Waals surface area contributed by atoms with Gasteiger partial charge in [-0.25, -0.2) is 4.39 Å². The van der Waals surface area contributed by atoms with Gasteiger partial charge in [0.2, 0.25) is 0 Å². The predicted molar refractivity (Wildman–Crippen MR) is 85.0 cm³/mol. The monoisotopic (exact) mass is 298 g/mol. The first-order valence-electron chi connectivity index (χ1n) is 9.45. The highest BCUT2D eigenvalue weighted by Crippen LogP contribution is 2.44. The summed E-state index contributed by atoms with van der Waals surface area (Å²) in [5, 5.41) is 10.7. The molecule has 0 radical (unpaired) electrons. The van der Waals surface area contributed by atoms with Crippen molar-refractivity contribution in [3.8, 4) is 11.1 Å². The standard InChI is InChI=1S/C19H16FNO/c20-14-9-7-12(8-10-14)18-15-3-1-2-4-17(15)21-19(13-5-6-13)16(18)11-22/h1-4,7-10,13,22H,5-6,11H2/i5D2,6D2,13D. The van der Waals surface area contributed by atoms with Crippen molar-refractivity contribution in [2.75, 3.05) is 0 Å².